The number of amides is 1. The molecule has 8 heteroatoms. The molecule has 0 saturated heterocycles. The highest BCUT2D eigenvalue weighted by Gasteiger charge is 2.13. The summed E-state index contributed by atoms with van der Waals surface area (Å²) < 4.78 is 15.3. The number of hydrogen-bond donors (Lipinski definition) is 2. The van der Waals surface area contributed by atoms with Crippen LogP contribution in [0.1, 0.15) is 33.3 Å². The van der Waals surface area contributed by atoms with E-state index >= 15 is 0 Å². The van der Waals surface area contributed by atoms with Crippen LogP contribution < -0.4 is 14.8 Å². The lowest BCUT2D eigenvalue weighted by Crippen LogP contribution is -2.30. The predicted octanol–water partition coefficient (Wildman–Crippen LogP) is 1.75. The van der Waals surface area contributed by atoms with Gasteiger partial charge in [-0.1, -0.05) is 6.07 Å². The number of carbonyl (C=O) groups is 3. The number of hydrogen-bond acceptors (Lipinski definition) is 6. The molecular weight excluding hydrogens is 352 g/mol. The van der Waals surface area contributed by atoms with E-state index in [1.807, 2.05) is 12.1 Å². The van der Waals surface area contributed by atoms with Crippen molar-refractivity contribution in [1.29, 1.82) is 0 Å². The van der Waals surface area contributed by atoms with E-state index in [4.69, 9.17) is 14.2 Å². The number of H-pyrrole nitrogens is 1. The third kappa shape index (κ3) is 5.60. The lowest BCUT2D eigenvalue weighted by molar-refractivity contribution is -0.124. The number of nitrogens with one attached hydrogen (secondary N) is 2. The predicted molar refractivity (Wildman–Crippen MR) is 97.3 cm³/mol. The molecule has 0 bridgehead atoms. The first kappa shape index (κ1) is 20.0. The minimum atomic E-state index is -0.697. The third-order valence-corrected chi connectivity index (χ3v) is 3.83. The van der Waals surface area contributed by atoms with E-state index in [0.29, 0.717) is 30.0 Å². The highest BCUT2D eigenvalue weighted by atomic mass is 16.5. The number of ketones is 1. The molecule has 1 amide bonds. The summed E-state index contributed by atoms with van der Waals surface area (Å²) in [6.45, 7) is 1.37. The number of ether oxygens (including phenoxy) is 3. The number of methoxy groups -OCH3 is 2. The fourth-order valence-corrected chi connectivity index (χ4v) is 2.36. The second-order valence-electron chi connectivity index (χ2n) is 5.72. The van der Waals surface area contributed by atoms with Crippen LogP contribution in [-0.2, 0) is 16.0 Å². The molecule has 1 aromatic carbocycles. The van der Waals surface area contributed by atoms with Crippen molar-refractivity contribution in [3.05, 3.63) is 47.3 Å². The van der Waals surface area contributed by atoms with Crippen LogP contribution in [0.5, 0.6) is 11.5 Å². The van der Waals surface area contributed by atoms with Gasteiger partial charge in [0.05, 0.1) is 14.2 Å². The number of carbonyl (C=O) groups excluding carboxylic acids is 3. The van der Waals surface area contributed by atoms with Gasteiger partial charge in [0.15, 0.2) is 23.9 Å². The van der Waals surface area contributed by atoms with Crippen molar-refractivity contribution in [2.45, 2.75) is 13.3 Å². The zero-order chi connectivity index (χ0) is 19.8. The average Bonchev–Trinajstić information content (AvgIpc) is 3.16. The normalized spacial score (nSPS) is 10.2. The molecule has 1 aromatic heterocycles. The number of aromatic nitrogens is 1. The van der Waals surface area contributed by atoms with Gasteiger partial charge in [-0.05, 0) is 37.1 Å². The van der Waals surface area contributed by atoms with E-state index in [1.165, 1.54) is 19.2 Å². The lowest BCUT2D eigenvalue weighted by Gasteiger charge is -2.10. The minimum absolute atomic E-state index is 0.123. The molecule has 0 spiro atoms. The molecule has 2 aromatic rings. The zero-order valence-corrected chi connectivity index (χ0v) is 15.5. The summed E-state index contributed by atoms with van der Waals surface area (Å²) in [5.41, 5.74) is 1.47. The molecule has 0 atom stereocenters. The van der Waals surface area contributed by atoms with Gasteiger partial charge >= 0.3 is 5.97 Å². The molecular formula is C19H22N2O6. The molecule has 2 rings (SSSR count). The quantitative estimate of drug-likeness (QED) is 0.512. The number of esters is 1. The largest absolute Gasteiger partial charge is 0.493 e. The maximum absolute atomic E-state index is 11.8. The molecule has 0 fully saturated rings. The SMILES string of the molecule is COc1ccc(CCNC(=O)COC(=O)c2cc(C(C)=O)c[nH]2)cc1OC. The fourth-order valence-electron chi connectivity index (χ4n) is 2.36. The summed E-state index contributed by atoms with van der Waals surface area (Å²) in [5, 5.41) is 2.67. The maximum atomic E-state index is 11.8. The summed E-state index contributed by atoms with van der Waals surface area (Å²) in [7, 11) is 3.12. The molecule has 2 N–H and O–H groups in total. The number of Topliss-reactive ketones (excluding diaryl/α,β-unsaturated/α-hetero) is 1. The van der Waals surface area contributed by atoms with Gasteiger partial charge in [0.25, 0.3) is 5.91 Å². The summed E-state index contributed by atoms with van der Waals surface area (Å²) in [5.74, 6) is -0.0292. The van der Waals surface area contributed by atoms with Crippen molar-refractivity contribution in [2.24, 2.45) is 0 Å². The molecule has 8 nitrogen and oxygen atoms in total. The molecule has 0 aliphatic rings. The minimum Gasteiger partial charge on any atom is -0.493 e. The van der Waals surface area contributed by atoms with Gasteiger partial charge in [-0.15, -0.1) is 0 Å². The van der Waals surface area contributed by atoms with E-state index in [9.17, 15) is 14.4 Å². The van der Waals surface area contributed by atoms with Gasteiger partial charge in [0.1, 0.15) is 5.69 Å². The van der Waals surface area contributed by atoms with Crippen LogP contribution in [0.15, 0.2) is 30.5 Å². The van der Waals surface area contributed by atoms with Gasteiger partial charge in [-0.25, -0.2) is 4.79 Å². The van der Waals surface area contributed by atoms with Crippen LogP contribution in [0.4, 0.5) is 0 Å². The summed E-state index contributed by atoms with van der Waals surface area (Å²) in [4.78, 5) is 37.5. The lowest BCUT2D eigenvalue weighted by atomic mass is 10.1. The third-order valence-electron chi connectivity index (χ3n) is 3.83. The monoisotopic (exact) mass is 374 g/mol. The van der Waals surface area contributed by atoms with E-state index in [-0.39, 0.29) is 11.5 Å². The summed E-state index contributed by atoms with van der Waals surface area (Å²) in [6, 6.07) is 6.90. The van der Waals surface area contributed by atoms with E-state index < -0.39 is 18.5 Å². The fraction of sp³-hybridized carbons (Fsp3) is 0.316. The Hall–Kier alpha value is -3.29. The van der Waals surface area contributed by atoms with Gasteiger partial charge in [-0.3, -0.25) is 9.59 Å². The topological polar surface area (TPSA) is 107 Å². The summed E-state index contributed by atoms with van der Waals surface area (Å²) in [6.07, 6.45) is 2.00. The van der Waals surface area contributed by atoms with Crippen molar-refractivity contribution >= 4 is 17.7 Å². The zero-order valence-electron chi connectivity index (χ0n) is 15.5. The number of benzene rings is 1. The van der Waals surface area contributed by atoms with Crippen molar-refractivity contribution in [3.63, 3.8) is 0 Å². The Morgan fingerprint density at radius 1 is 1.07 bits per heavy atom. The Morgan fingerprint density at radius 2 is 1.81 bits per heavy atom. The van der Waals surface area contributed by atoms with Gasteiger partial charge in [0, 0.05) is 18.3 Å². The first-order valence-electron chi connectivity index (χ1n) is 8.28. The standard InChI is InChI=1S/C19H22N2O6/c1-12(22)14-9-15(21-10-14)19(24)27-11-18(23)20-7-6-13-4-5-16(25-2)17(8-13)26-3/h4-5,8-10,21H,6-7,11H2,1-3H3,(H,20,23). The van der Waals surface area contributed by atoms with Gasteiger partial charge < -0.3 is 24.5 Å². The van der Waals surface area contributed by atoms with Crippen LogP contribution >= 0.6 is 0 Å². The molecule has 1 heterocycles. The Morgan fingerprint density at radius 3 is 2.44 bits per heavy atom. The highest BCUT2D eigenvalue weighted by Crippen LogP contribution is 2.27. The van der Waals surface area contributed by atoms with Crippen molar-refractivity contribution in [2.75, 3.05) is 27.4 Å². The first-order valence-corrected chi connectivity index (χ1v) is 8.28. The molecule has 0 radical (unpaired) electrons. The Labute approximate surface area is 156 Å². The highest BCUT2D eigenvalue weighted by molar-refractivity contribution is 5.97. The van der Waals surface area contributed by atoms with Gasteiger partial charge in [0.2, 0.25) is 0 Å². The Bertz CT molecular complexity index is 827. The molecule has 0 aliphatic carbocycles. The second-order valence-corrected chi connectivity index (χ2v) is 5.72. The van der Waals surface area contributed by atoms with Crippen molar-refractivity contribution in [3.8, 4) is 11.5 Å². The molecule has 27 heavy (non-hydrogen) atoms. The molecule has 144 valence electrons. The van der Waals surface area contributed by atoms with E-state index in [0.717, 1.165) is 5.56 Å². The Balaban J connectivity index is 1.76. The van der Waals surface area contributed by atoms with Crippen LogP contribution in [0.2, 0.25) is 0 Å². The molecule has 0 unspecified atom stereocenters. The number of aromatic amines is 1. The maximum Gasteiger partial charge on any atom is 0.355 e. The van der Waals surface area contributed by atoms with E-state index in [1.54, 1.807) is 20.3 Å². The Kier molecular flexibility index (Phi) is 6.99. The second kappa shape index (κ2) is 9.42. The summed E-state index contributed by atoms with van der Waals surface area (Å²) >= 11 is 0. The van der Waals surface area contributed by atoms with Crippen molar-refractivity contribution < 1.29 is 28.6 Å². The average molecular weight is 374 g/mol. The van der Waals surface area contributed by atoms with Gasteiger partial charge in [-0.2, -0.15) is 0 Å². The van der Waals surface area contributed by atoms with Crippen LogP contribution in [0.3, 0.4) is 0 Å². The van der Waals surface area contributed by atoms with E-state index in [2.05, 4.69) is 10.3 Å². The smallest absolute Gasteiger partial charge is 0.355 e. The van der Waals surface area contributed by atoms with Crippen LogP contribution in [-0.4, -0.2) is 50.0 Å². The number of rotatable bonds is 9. The molecule has 0 aliphatic heterocycles. The van der Waals surface area contributed by atoms with Crippen LogP contribution in [0, 0.1) is 0 Å². The molecule has 0 saturated carbocycles. The van der Waals surface area contributed by atoms with Crippen molar-refractivity contribution in [1.82, 2.24) is 10.3 Å². The first-order chi connectivity index (χ1) is 12.9. The van der Waals surface area contributed by atoms with Crippen LogP contribution in [0.25, 0.3) is 0 Å².